The van der Waals surface area contributed by atoms with E-state index in [0.29, 0.717) is 12.1 Å². The van der Waals surface area contributed by atoms with Crippen molar-refractivity contribution in [2.75, 3.05) is 7.11 Å². The maximum atomic E-state index is 12.8. The maximum Gasteiger partial charge on any atom is 0.335 e. The van der Waals surface area contributed by atoms with Crippen LogP contribution in [0.25, 0.3) is 0 Å². The zero-order valence-electron chi connectivity index (χ0n) is 13.4. The van der Waals surface area contributed by atoms with Crippen LogP contribution >= 0.6 is 0 Å². The molecule has 2 aromatic rings. The summed E-state index contributed by atoms with van der Waals surface area (Å²) in [6.07, 6.45) is 1.99. The molecular weight excluding hydrogens is 306 g/mol. The normalized spacial score (nSPS) is 13.4. The van der Waals surface area contributed by atoms with Crippen LogP contribution in [0.3, 0.4) is 0 Å². The third-order valence-electron chi connectivity index (χ3n) is 4.16. The number of carboxylic acids is 1. The third-order valence-corrected chi connectivity index (χ3v) is 4.16. The van der Waals surface area contributed by atoms with Gasteiger partial charge in [0.15, 0.2) is 0 Å². The van der Waals surface area contributed by atoms with Gasteiger partial charge in [0.25, 0.3) is 5.91 Å². The van der Waals surface area contributed by atoms with Crippen LogP contribution in [0, 0.1) is 0 Å². The molecule has 1 aliphatic rings. The Balaban J connectivity index is 1.83. The minimum atomic E-state index is -0.998. The molecule has 1 saturated carbocycles. The van der Waals surface area contributed by atoms with E-state index >= 15 is 0 Å². The molecule has 1 N–H and O–H groups in total. The number of aromatic carboxylic acids is 1. The van der Waals surface area contributed by atoms with Gasteiger partial charge in [0, 0.05) is 23.7 Å². The van der Waals surface area contributed by atoms with Crippen molar-refractivity contribution in [2.45, 2.75) is 25.4 Å². The van der Waals surface area contributed by atoms with Gasteiger partial charge in [0.1, 0.15) is 5.75 Å². The predicted octanol–water partition coefficient (Wildman–Crippen LogP) is 3.20. The lowest BCUT2D eigenvalue weighted by atomic mass is 10.1. The molecule has 0 saturated heterocycles. The molecular formula is C19H19NO4. The van der Waals surface area contributed by atoms with Gasteiger partial charge >= 0.3 is 5.97 Å². The molecule has 1 amide bonds. The Morgan fingerprint density at radius 3 is 2.29 bits per heavy atom. The Bertz CT molecular complexity index is 750. The first kappa shape index (κ1) is 16.1. The molecule has 0 unspecified atom stereocenters. The lowest BCUT2D eigenvalue weighted by Crippen LogP contribution is -2.32. The van der Waals surface area contributed by atoms with Crippen LogP contribution in [0.2, 0.25) is 0 Å². The number of para-hydroxylation sites is 1. The number of hydrogen-bond acceptors (Lipinski definition) is 3. The lowest BCUT2D eigenvalue weighted by molar-refractivity contribution is 0.0691. The van der Waals surface area contributed by atoms with Crippen molar-refractivity contribution >= 4 is 11.9 Å². The number of methoxy groups -OCH3 is 1. The first-order valence-electron chi connectivity index (χ1n) is 7.86. The molecule has 5 heteroatoms. The van der Waals surface area contributed by atoms with E-state index in [1.54, 1.807) is 19.2 Å². The van der Waals surface area contributed by atoms with Crippen LogP contribution in [-0.2, 0) is 6.54 Å². The SMILES string of the molecule is COc1ccccc1CN(C(=O)c1ccc(C(=O)O)cc1)C1CC1. The van der Waals surface area contributed by atoms with E-state index < -0.39 is 5.97 Å². The van der Waals surface area contributed by atoms with Gasteiger partial charge in [-0.05, 0) is 43.2 Å². The predicted molar refractivity (Wildman–Crippen MR) is 89.3 cm³/mol. The molecule has 0 aromatic heterocycles. The van der Waals surface area contributed by atoms with E-state index in [1.165, 1.54) is 12.1 Å². The first-order valence-corrected chi connectivity index (χ1v) is 7.86. The molecule has 0 radical (unpaired) electrons. The summed E-state index contributed by atoms with van der Waals surface area (Å²) in [4.78, 5) is 25.6. The molecule has 1 aliphatic carbocycles. The molecule has 0 bridgehead atoms. The summed E-state index contributed by atoms with van der Waals surface area (Å²) in [6, 6.07) is 14.0. The second-order valence-corrected chi connectivity index (χ2v) is 5.86. The van der Waals surface area contributed by atoms with Crippen molar-refractivity contribution in [1.29, 1.82) is 0 Å². The van der Waals surface area contributed by atoms with Gasteiger partial charge < -0.3 is 14.7 Å². The molecule has 24 heavy (non-hydrogen) atoms. The monoisotopic (exact) mass is 325 g/mol. The molecule has 0 heterocycles. The highest BCUT2D eigenvalue weighted by Crippen LogP contribution is 2.31. The standard InChI is InChI=1S/C19H19NO4/c1-24-17-5-3-2-4-15(17)12-20(16-10-11-16)18(21)13-6-8-14(9-7-13)19(22)23/h2-9,16H,10-12H2,1H3,(H,22,23). The van der Waals surface area contributed by atoms with E-state index in [2.05, 4.69) is 0 Å². The average molecular weight is 325 g/mol. The van der Waals surface area contributed by atoms with Crippen molar-refractivity contribution < 1.29 is 19.4 Å². The first-order chi connectivity index (χ1) is 11.6. The highest BCUT2D eigenvalue weighted by Gasteiger charge is 2.33. The number of nitrogens with zero attached hydrogens (tertiary/aromatic N) is 1. The van der Waals surface area contributed by atoms with Crippen LogP contribution in [0.5, 0.6) is 5.75 Å². The number of carbonyl (C=O) groups excluding carboxylic acids is 1. The molecule has 2 aromatic carbocycles. The van der Waals surface area contributed by atoms with Crippen molar-refractivity contribution in [3.05, 3.63) is 65.2 Å². The third kappa shape index (κ3) is 3.40. The minimum absolute atomic E-state index is 0.0830. The topological polar surface area (TPSA) is 66.8 Å². The second-order valence-electron chi connectivity index (χ2n) is 5.86. The van der Waals surface area contributed by atoms with Crippen molar-refractivity contribution in [2.24, 2.45) is 0 Å². The van der Waals surface area contributed by atoms with Crippen LogP contribution in [0.15, 0.2) is 48.5 Å². The second kappa shape index (κ2) is 6.74. The van der Waals surface area contributed by atoms with Crippen molar-refractivity contribution in [3.8, 4) is 5.75 Å². The Hall–Kier alpha value is -2.82. The van der Waals surface area contributed by atoms with Gasteiger partial charge in [-0.25, -0.2) is 4.79 Å². The number of rotatable bonds is 6. The highest BCUT2D eigenvalue weighted by molar-refractivity contribution is 5.96. The van der Waals surface area contributed by atoms with Crippen LogP contribution in [0.4, 0.5) is 0 Å². The summed E-state index contributed by atoms with van der Waals surface area (Å²) < 4.78 is 5.37. The Labute approximate surface area is 140 Å². The Morgan fingerprint density at radius 1 is 1.08 bits per heavy atom. The van der Waals surface area contributed by atoms with E-state index in [1.807, 2.05) is 29.2 Å². The molecule has 3 rings (SSSR count). The smallest absolute Gasteiger partial charge is 0.335 e. The quantitative estimate of drug-likeness (QED) is 0.885. The van der Waals surface area contributed by atoms with Crippen LogP contribution in [0.1, 0.15) is 39.1 Å². The van der Waals surface area contributed by atoms with Crippen LogP contribution < -0.4 is 4.74 Å². The lowest BCUT2D eigenvalue weighted by Gasteiger charge is -2.23. The van der Waals surface area contributed by atoms with Crippen molar-refractivity contribution in [3.63, 3.8) is 0 Å². The summed E-state index contributed by atoms with van der Waals surface area (Å²) in [5.41, 5.74) is 1.64. The molecule has 1 fully saturated rings. The molecule has 5 nitrogen and oxygen atoms in total. The van der Waals surface area contributed by atoms with E-state index in [0.717, 1.165) is 24.2 Å². The number of hydrogen-bond donors (Lipinski definition) is 1. The number of carbonyl (C=O) groups is 2. The van der Waals surface area contributed by atoms with E-state index in [4.69, 9.17) is 9.84 Å². The number of carboxylic acid groups (broad SMARTS) is 1. The van der Waals surface area contributed by atoms with E-state index in [9.17, 15) is 9.59 Å². The van der Waals surface area contributed by atoms with Gasteiger partial charge in [-0.15, -0.1) is 0 Å². The molecule has 0 atom stereocenters. The molecule has 0 aliphatic heterocycles. The summed E-state index contributed by atoms with van der Waals surface area (Å²) >= 11 is 0. The fourth-order valence-electron chi connectivity index (χ4n) is 2.69. The number of benzene rings is 2. The summed E-state index contributed by atoms with van der Waals surface area (Å²) in [7, 11) is 1.62. The molecule has 124 valence electrons. The minimum Gasteiger partial charge on any atom is -0.496 e. The summed E-state index contributed by atoms with van der Waals surface area (Å²) in [5, 5.41) is 8.97. The zero-order chi connectivity index (χ0) is 17.1. The van der Waals surface area contributed by atoms with Gasteiger partial charge in [-0.3, -0.25) is 4.79 Å². The van der Waals surface area contributed by atoms with Gasteiger partial charge in [0.05, 0.1) is 12.7 Å². The van der Waals surface area contributed by atoms with Gasteiger partial charge in [-0.2, -0.15) is 0 Å². The highest BCUT2D eigenvalue weighted by atomic mass is 16.5. The fraction of sp³-hybridized carbons (Fsp3) is 0.263. The average Bonchev–Trinajstić information content (AvgIpc) is 3.44. The Morgan fingerprint density at radius 2 is 1.71 bits per heavy atom. The summed E-state index contributed by atoms with van der Waals surface area (Å²) in [6.45, 7) is 0.480. The van der Waals surface area contributed by atoms with Crippen LogP contribution in [-0.4, -0.2) is 35.0 Å². The van der Waals surface area contributed by atoms with Crippen molar-refractivity contribution in [1.82, 2.24) is 4.90 Å². The number of amides is 1. The largest absolute Gasteiger partial charge is 0.496 e. The maximum absolute atomic E-state index is 12.8. The fourth-order valence-corrected chi connectivity index (χ4v) is 2.69. The van der Waals surface area contributed by atoms with Gasteiger partial charge in [0.2, 0.25) is 0 Å². The van der Waals surface area contributed by atoms with E-state index in [-0.39, 0.29) is 17.5 Å². The summed E-state index contributed by atoms with van der Waals surface area (Å²) in [5.74, 6) is -0.320. The Kier molecular flexibility index (Phi) is 4.51. The molecule has 0 spiro atoms. The number of ether oxygens (including phenoxy) is 1. The van der Waals surface area contributed by atoms with Gasteiger partial charge in [-0.1, -0.05) is 18.2 Å². The zero-order valence-corrected chi connectivity index (χ0v) is 13.4.